The second-order valence-corrected chi connectivity index (χ2v) is 5.09. The molecule has 0 fully saturated rings. The van der Waals surface area contributed by atoms with Gasteiger partial charge in [-0.05, 0) is 50.6 Å². The molecular formula is C17H23NO2. The first-order valence-electron chi connectivity index (χ1n) is 7.01. The number of aryl methyl sites for hydroxylation is 3. The van der Waals surface area contributed by atoms with Crippen LogP contribution in [0.4, 0.5) is 0 Å². The van der Waals surface area contributed by atoms with Gasteiger partial charge in [0.1, 0.15) is 17.3 Å². The van der Waals surface area contributed by atoms with Crippen molar-refractivity contribution in [2.24, 2.45) is 0 Å². The smallest absolute Gasteiger partial charge is 0.122 e. The molecule has 20 heavy (non-hydrogen) atoms. The SMILES string of the molecule is CCNC(c1ccc(C)c(OC)c1)c1cc(C)oc1C. The average Bonchev–Trinajstić information content (AvgIpc) is 2.75. The molecule has 0 aliphatic heterocycles. The first-order valence-corrected chi connectivity index (χ1v) is 7.01. The minimum atomic E-state index is 0.131. The van der Waals surface area contributed by atoms with Crippen molar-refractivity contribution in [3.63, 3.8) is 0 Å². The lowest BCUT2D eigenvalue weighted by atomic mass is 9.97. The molecule has 1 heterocycles. The lowest BCUT2D eigenvalue weighted by molar-refractivity contribution is 0.410. The minimum Gasteiger partial charge on any atom is -0.496 e. The van der Waals surface area contributed by atoms with E-state index in [0.717, 1.165) is 29.4 Å². The highest BCUT2D eigenvalue weighted by Gasteiger charge is 2.19. The lowest BCUT2D eigenvalue weighted by Crippen LogP contribution is -2.22. The molecule has 0 bridgehead atoms. The van der Waals surface area contributed by atoms with E-state index in [1.54, 1.807) is 7.11 Å². The molecule has 1 N–H and O–H groups in total. The summed E-state index contributed by atoms with van der Waals surface area (Å²) in [5.41, 5.74) is 3.53. The van der Waals surface area contributed by atoms with Gasteiger partial charge in [-0.1, -0.05) is 19.1 Å². The summed E-state index contributed by atoms with van der Waals surface area (Å²) in [7, 11) is 1.71. The fourth-order valence-corrected chi connectivity index (χ4v) is 2.56. The van der Waals surface area contributed by atoms with Crippen molar-refractivity contribution in [3.05, 3.63) is 52.5 Å². The van der Waals surface area contributed by atoms with E-state index >= 15 is 0 Å². The fourth-order valence-electron chi connectivity index (χ4n) is 2.56. The second-order valence-electron chi connectivity index (χ2n) is 5.09. The highest BCUT2D eigenvalue weighted by atomic mass is 16.5. The van der Waals surface area contributed by atoms with Crippen molar-refractivity contribution in [2.75, 3.05) is 13.7 Å². The number of benzene rings is 1. The fraction of sp³-hybridized carbons (Fsp3) is 0.412. The summed E-state index contributed by atoms with van der Waals surface area (Å²) in [5.74, 6) is 2.83. The van der Waals surface area contributed by atoms with Gasteiger partial charge in [0, 0.05) is 5.56 Å². The van der Waals surface area contributed by atoms with Crippen molar-refractivity contribution in [3.8, 4) is 5.75 Å². The highest BCUT2D eigenvalue weighted by molar-refractivity contribution is 5.42. The summed E-state index contributed by atoms with van der Waals surface area (Å²) >= 11 is 0. The molecule has 3 nitrogen and oxygen atoms in total. The zero-order valence-electron chi connectivity index (χ0n) is 12.9. The third-order valence-electron chi connectivity index (χ3n) is 3.56. The van der Waals surface area contributed by atoms with Crippen molar-refractivity contribution in [1.82, 2.24) is 5.32 Å². The van der Waals surface area contributed by atoms with Gasteiger partial charge in [0.2, 0.25) is 0 Å². The molecule has 1 atom stereocenters. The Morgan fingerprint density at radius 3 is 2.50 bits per heavy atom. The normalized spacial score (nSPS) is 12.4. The minimum absolute atomic E-state index is 0.131. The number of furan rings is 1. The van der Waals surface area contributed by atoms with E-state index in [0.29, 0.717) is 0 Å². The Labute approximate surface area is 121 Å². The topological polar surface area (TPSA) is 34.4 Å². The molecule has 0 saturated heterocycles. The van der Waals surface area contributed by atoms with E-state index in [1.165, 1.54) is 11.1 Å². The van der Waals surface area contributed by atoms with Crippen molar-refractivity contribution in [2.45, 2.75) is 33.7 Å². The van der Waals surface area contributed by atoms with Gasteiger partial charge < -0.3 is 14.5 Å². The molecule has 1 aromatic heterocycles. The standard InChI is InChI=1S/C17H23NO2/c1-6-18-17(15-9-12(3)20-13(15)4)14-8-7-11(2)16(10-14)19-5/h7-10,17-18H,6H2,1-5H3. The maximum absolute atomic E-state index is 5.67. The summed E-state index contributed by atoms with van der Waals surface area (Å²) in [4.78, 5) is 0. The van der Waals surface area contributed by atoms with Crippen molar-refractivity contribution >= 4 is 0 Å². The van der Waals surface area contributed by atoms with Gasteiger partial charge >= 0.3 is 0 Å². The Morgan fingerprint density at radius 2 is 1.95 bits per heavy atom. The third kappa shape index (κ3) is 2.88. The molecule has 2 aromatic rings. The van der Waals surface area contributed by atoms with Crippen LogP contribution in [0.3, 0.4) is 0 Å². The van der Waals surface area contributed by atoms with Crippen molar-refractivity contribution < 1.29 is 9.15 Å². The maximum Gasteiger partial charge on any atom is 0.122 e. The Hall–Kier alpha value is -1.74. The van der Waals surface area contributed by atoms with Gasteiger partial charge in [-0.25, -0.2) is 0 Å². The van der Waals surface area contributed by atoms with Gasteiger partial charge in [0.15, 0.2) is 0 Å². The number of nitrogens with one attached hydrogen (secondary N) is 1. The maximum atomic E-state index is 5.67. The van der Waals surface area contributed by atoms with Crippen LogP contribution >= 0.6 is 0 Å². The van der Waals surface area contributed by atoms with Crippen LogP contribution in [0.5, 0.6) is 5.75 Å². The molecule has 0 aliphatic rings. The second kappa shape index (κ2) is 6.14. The van der Waals surface area contributed by atoms with E-state index in [4.69, 9.17) is 9.15 Å². The number of hydrogen-bond donors (Lipinski definition) is 1. The summed E-state index contributed by atoms with van der Waals surface area (Å²) in [6.07, 6.45) is 0. The van der Waals surface area contributed by atoms with Gasteiger partial charge in [-0.3, -0.25) is 0 Å². The van der Waals surface area contributed by atoms with Crippen LogP contribution < -0.4 is 10.1 Å². The van der Waals surface area contributed by atoms with Gasteiger partial charge in [0.05, 0.1) is 13.2 Å². The predicted octanol–water partition coefficient (Wildman–Crippen LogP) is 3.91. The third-order valence-corrected chi connectivity index (χ3v) is 3.56. The van der Waals surface area contributed by atoms with Crippen LogP contribution in [0.25, 0.3) is 0 Å². The summed E-state index contributed by atoms with van der Waals surface area (Å²) in [6, 6.07) is 8.58. The number of rotatable bonds is 5. The molecule has 3 heteroatoms. The van der Waals surface area contributed by atoms with Crippen molar-refractivity contribution in [1.29, 1.82) is 0 Å². The molecule has 1 unspecified atom stereocenters. The summed E-state index contributed by atoms with van der Waals surface area (Å²) in [5, 5.41) is 3.52. The first-order chi connectivity index (χ1) is 9.56. The molecule has 108 valence electrons. The van der Waals surface area contributed by atoms with E-state index in [9.17, 15) is 0 Å². The summed E-state index contributed by atoms with van der Waals surface area (Å²) < 4.78 is 11.1. The van der Waals surface area contributed by atoms with Crippen LogP contribution in [0.1, 0.15) is 41.2 Å². The largest absolute Gasteiger partial charge is 0.496 e. The van der Waals surface area contributed by atoms with Crippen LogP contribution in [0, 0.1) is 20.8 Å². The molecule has 0 amide bonds. The van der Waals surface area contributed by atoms with Gasteiger partial charge in [0.25, 0.3) is 0 Å². The van der Waals surface area contributed by atoms with Gasteiger partial charge in [-0.15, -0.1) is 0 Å². The highest BCUT2D eigenvalue weighted by Crippen LogP contribution is 2.30. The van der Waals surface area contributed by atoms with E-state index in [2.05, 4.69) is 43.4 Å². The Morgan fingerprint density at radius 1 is 1.20 bits per heavy atom. The van der Waals surface area contributed by atoms with Crippen LogP contribution in [-0.2, 0) is 0 Å². The van der Waals surface area contributed by atoms with E-state index < -0.39 is 0 Å². The molecule has 2 rings (SSSR count). The zero-order valence-corrected chi connectivity index (χ0v) is 12.9. The average molecular weight is 273 g/mol. The van der Waals surface area contributed by atoms with Crippen LogP contribution in [-0.4, -0.2) is 13.7 Å². The molecule has 0 aliphatic carbocycles. The van der Waals surface area contributed by atoms with E-state index in [-0.39, 0.29) is 6.04 Å². The Balaban J connectivity index is 2.45. The number of hydrogen-bond acceptors (Lipinski definition) is 3. The number of ether oxygens (including phenoxy) is 1. The van der Waals surface area contributed by atoms with Gasteiger partial charge in [-0.2, -0.15) is 0 Å². The van der Waals surface area contributed by atoms with Crippen LogP contribution in [0.15, 0.2) is 28.7 Å². The molecule has 0 radical (unpaired) electrons. The Bertz CT molecular complexity index is 587. The molecular weight excluding hydrogens is 250 g/mol. The predicted molar refractivity (Wildman–Crippen MR) is 81.4 cm³/mol. The monoisotopic (exact) mass is 273 g/mol. The summed E-state index contributed by atoms with van der Waals surface area (Å²) in [6.45, 7) is 9.05. The molecule has 0 spiro atoms. The van der Waals surface area contributed by atoms with E-state index in [1.807, 2.05) is 13.8 Å². The lowest BCUT2D eigenvalue weighted by Gasteiger charge is -2.19. The molecule has 0 saturated carbocycles. The quantitative estimate of drug-likeness (QED) is 0.896. The Kier molecular flexibility index (Phi) is 4.50. The zero-order chi connectivity index (χ0) is 14.7. The number of methoxy groups -OCH3 is 1. The molecule has 1 aromatic carbocycles. The van der Waals surface area contributed by atoms with Crippen LogP contribution in [0.2, 0.25) is 0 Å². The first kappa shape index (κ1) is 14.7.